The van der Waals surface area contributed by atoms with Crippen molar-refractivity contribution in [2.45, 2.75) is 38.5 Å². The summed E-state index contributed by atoms with van der Waals surface area (Å²) in [6, 6.07) is 3.27. The first-order valence-electron chi connectivity index (χ1n) is 8.14. The molecule has 1 aliphatic rings. The third-order valence-corrected chi connectivity index (χ3v) is 4.34. The van der Waals surface area contributed by atoms with Crippen molar-refractivity contribution in [3.8, 4) is 11.5 Å². The Morgan fingerprint density at radius 1 is 1.27 bits per heavy atom. The average molecular weight is 365 g/mol. The number of likely N-dealkylation sites (N-methyl/N-ethyl adjacent to an activating group) is 1. The van der Waals surface area contributed by atoms with Crippen molar-refractivity contribution in [2.24, 2.45) is 5.73 Å². The highest BCUT2D eigenvalue weighted by Crippen LogP contribution is 2.33. The van der Waals surface area contributed by atoms with Crippen LogP contribution in [0.4, 0.5) is 0 Å². The number of ether oxygens (including phenoxy) is 2. The van der Waals surface area contributed by atoms with Crippen LogP contribution in [0.2, 0.25) is 0 Å². The van der Waals surface area contributed by atoms with E-state index in [1.54, 1.807) is 44.0 Å². The Balaban J connectivity index is 1.99. The van der Waals surface area contributed by atoms with Gasteiger partial charge in [-0.1, -0.05) is 0 Å². The van der Waals surface area contributed by atoms with E-state index in [9.17, 15) is 14.4 Å². The van der Waals surface area contributed by atoms with E-state index in [-0.39, 0.29) is 12.6 Å². The maximum atomic E-state index is 12.7. The van der Waals surface area contributed by atoms with Crippen LogP contribution < -0.4 is 20.5 Å². The summed E-state index contributed by atoms with van der Waals surface area (Å²) in [4.78, 5) is 36.9. The summed E-state index contributed by atoms with van der Waals surface area (Å²) >= 11 is 0. The number of nitrogens with zero attached hydrogens (tertiary/aromatic N) is 1. The quantitative estimate of drug-likeness (QED) is 0.439. The first-order chi connectivity index (χ1) is 12.2. The molecule has 0 fully saturated rings. The molecular weight excluding hydrogens is 342 g/mol. The van der Waals surface area contributed by atoms with Gasteiger partial charge in [-0.05, 0) is 39.1 Å². The number of aliphatic carboxylic acids is 1. The molecule has 4 N–H and O–H groups in total. The van der Waals surface area contributed by atoms with Crippen LogP contribution >= 0.6 is 0 Å². The molecule has 9 nitrogen and oxygen atoms in total. The predicted octanol–water partition coefficient (Wildman–Crippen LogP) is 0.183. The summed E-state index contributed by atoms with van der Waals surface area (Å²) in [5.74, 6) is -0.779. The number of carbonyl (C=O) groups is 3. The topological polar surface area (TPSA) is 131 Å². The van der Waals surface area contributed by atoms with E-state index in [2.05, 4.69) is 5.32 Å². The van der Waals surface area contributed by atoms with Gasteiger partial charge in [0.15, 0.2) is 17.3 Å². The molecule has 1 heterocycles. The van der Waals surface area contributed by atoms with Gasteiger partial charge in [-0.3, -0.25) is 19.3 Å². The summed E-state index contributed by atoms with van der Waals surface area (Å²) in [6.07, 6.45) is -0.983. The number of carboxylic acid groups (broad SMARTS) is 1. The lowest BCUT2D eigenvalue weighted by Gasteiger charge is -2.31. The molecule has 1 aromatic rings. The lowest BCUT2D eigenvalue weighted by atomic mass is 10.0. The summed E-state index contributed by atoms with van der Waals surface area (Å²) in [5, 5.41) is 11.3. The fourth-order valence-electron chi connectivity index (χ4n) is 2.51. The molecular formula is C17H23N3O6. The van der Waals surface area contributed by atoms with E-state index in [4.69, 9.17) is 20.3 Å². The van der Waals surface area contributed by atoms with Crippen LogP contribution in [0.3, 0.4) is 0 Å². The van der Waals surface area contributed by atoms with E-state index >= 15 is 0 Å². The van der Waals surface area contributed by atoms with Gasteiger partial charge in [0.1, 0.15) is 0 Å². The molecule has 0 spiro atoms. The molecule has 142 valence electrons. The Kier molecular flexibility index (Phi) is 6.17. The third-order valence-electron chi connectivity index (χ3n) is 4.34. The normalized spacial score (nSPS) is 16.0. The van der Waals surface area contributed by atoms with E-state index in [1.807, 2.05) is 0 Å². The number of nitrogens with two attached hydrogens (primary N) is 1. The van der Waals surface area contributed by atoms with Crippen LogP contribution in [0.15, 0.2) is 18.2 Å². The van der Waals surface area contributed by atoms with E-state index in [0.717, 1.165) is 0 Å². The Labute approximate surface area is 151 Å². The first kappa shape index (κ1) is 19.7. The molecule has 9 heteroatoms. The Morgan fingerprint density at radius 2 is 1.92 bits per heavy atom. The van der Waals surface area contributed by atoms with Crippen molar-refractivity contribution >= 4 is 17.7 Å². The standard InChI is InChI=1S/C17H23N3O6/c1-9(16(23)11-4-5-13-14(6-11)26-8-25-13)20(3)10(2)19-17(24)12(18)7-15(21)22/h4-6,9-10,12H,7-8,18H2,1-3H3,(H,19,24)(H,21,22). The number of rotatable bonds is 8. The minimum absolute atomic E-state index is 0.127. The third kappa shape index (κ3) is 4.50. The summed E-state index contributed by atoms with van der Waals surface area (Å²) < 4.78 is 10.5. The zero-order valence-electron chi connectivity index (χ0n) is 14.9. The van der Waals surface area contributed by atoms with Gasteiger partial charge in [-0.15, -0.1) is 0 Å². The zero-order chi connectivity index (χ0) is 19.4. The minimum atomic E-state index is -1.15. The summed E-state index contributed by atoms with van der Waals surface area (Å²) in [6.45, 7) is 3.53. The van der Waals surface area contributed by atoms with E-state index in [1.165, 1.54) is 0 Å². The number of Topliss-reactive ketones (excluding diaryl/α,β-unsaturated/α-hetero) is 1. The molecule has 0 aromatic heterocycles. The maximum Gasteiger partial charge on any atom is 0.305 e. The molecule has 1 aliphatic heterocycles. The van der Waals surface area contributed by atoms with Crippen LogP contribution in [-0.2, 0) is 9.59 Å². The van der Waals surface area contributed by atoms with Crippen LogP contribution in [0, 0.1) is 0 Å². The molecule has 1 aromatic carbocycles. The minimum Gasteiger partial charge on any atom is -0.481 e. The van der Waals surface area contributed by atoms with Crippen molar-refractivity contribution in [1.82, 2.24) is 10.2 Å². The van der Waals surface area contributed by atoms with Gasteiger partial charge in [0.2, 0.25) is 12.7 Å². The van der Waals surface area contributed by atoms with Crippen molar-refractivity contribution in [3.63, 3.8) is 0 Å². The van der Waals surface area contributed by atoms with Crippen molar-refractivity contribution in [3.05, 3.63) is 23.8 Å². The van der Waals surface area contributed by atoms with Crippen LogP contribution in [0.5, 0.6) is 11.5 Å². The number of hydrogen-bond donors (Lipinski definition) is 3. The number of benzene rings is 1. The monoisotopic (exact) mass is 365 g/mol. The second kappa shape index (κ2) is 8.15. The summed E-state index contributed by atoms with van der Waals surface area (Å²) in [7, 11) is 1.68. The lowest BCUT2D eigenvalue weighted by Crippen LogP contribution is -2.54. The van der Waals surface area contributed by atoms with E-state index < -0.39 is 36.5 Å². The maximum absolute atomic E-state index is 12.7. The second-order valence-corrected chi connectivity index (χ2v) is 6.16. The van der Waals surface area contributed by atoms with Gasteiger partial charge >= 0.3 is 5.97 Å². The molecule has 0 saturated carbocycles. The van der Waals surface area contributed by atoms with Crippen molar-refractivity contribution in [1.29, 1.82) is 0 Å². The summed E-state index contributed by atoms with van der Waals surface area (Å²) in [5.41, 5.74) is 6.01. The van der Waals surface area contributed by atoms with Gasteiger partial charge in [-0.2, -0.15) is 0 Å². The molecule has 2 rings (SSSR count). The second-order valence-electron chi connectivity index (χ2n) is 6.16. The van der Waals surface area contributed by atoms with Crippen molar-refractivity contribution < 1.29 is 29.0 Å². The number of fused-ring (bicyclic) bond motifs is 1. The lowest BCUT2D eigenvalue weighted by molar-refractivity contribution is -0.139. The van der Waals surface area contributed by atoms with Crippen LogP contribution in [-0.4, -0.2) is 59.8 Å². The zero-order valence-corrected chi connectivity index (χ0v) is 14.9. The number of ketones is 1. The largest absolute Gasteiger partial charge is 0.481 e. The van der Waals surface area contributed by atoms with Gasteiger partial charge in [0.25, 0.3) is 0 Å². The fraction of sp³-hybridized carbons (Fsp3) is 0.471. The molecule has 3 atom stereocenters. The predicted molar refractivity (Wildman–Crippen MR) is 92.0 cm³/mol. The SMILES string of the molecule is CC(NC(=O)C(N)CC(=O)O)N(C)C(C)C(=O)c1ccc2c(c1)OCO2. The molecule has 26 heavy (non-hydrogen) atoms. The number of hydrogen-bond acceptors (Lipinski definition) is 7. The Morgan fingerprint density at radius 3 is 2.58 bits per heavy atom. The van der Waals surface area contributed by atoms with Gasteiger partial charge in [0, 0.05) is 5.56 Å². The highest BCUT2D eigenvalue weighted by Gasteiger charge is 2.27. The van der Waals surface area contributed by atoms with Crippen molar-refractivity contribution in [2.75, 3.05) is 13.8 Å². The fourth-order valence-corrected chi connectivity index (χ4v) is 2.51. The Bertz CT molecular complexity index is 708. The number of carboxylic acids is 1. The number of nitrogens with one attached hydrogen (secondary N) is 1. The highest BCUT2D eigenvalue weighted by molar-refractivity contribution is 6.00. The molecule has 1 amide bonds. The van der Waals surface area contributed by atoms with Gasteiger partial charge in [-0.25, -0.2) is 0 Å². The van der Waals surface area contributed by atoms with Gasteiger partial charge < -0.3 is 25.6 Å². The number of amides is 1. The number of carbonyl (C=O) groups excluding carboxylic acids is 2. The molecule has 3 unspecified atom stereocenters. The average Bonchev–Trinajstić information content (AvgIpc) is 3.06. The highest BCUT2D eigenvalue weighted by atomic mass is 16.7. The van der Waals surface area contributed by atoms with Gasteiger partial charge in [0.05, 0.1) is 24.7 Å². The van der Waals surface area contributed by atoms with Crippen LogP contribution in [0.25, 0.3) is 0 Å². The molecule has 0 aliphatic carbocycles. The molecule has 0 bridgehead atoms. The first-order valence-corrected chi connectivity index (χ1v) is 8.14. The molecule has 0 radical (unpaired) electrons. The van der Waals surface area contributed by atoms with Crippen LogP contribution in [0.1, 0.15) is 30.6 Å². The van der Waals surface area contributed by atoms with E-state index in [0.29, 0.717) is 17.1 Å². The Hall–Kier alpha value is -2.65. The smallest absolute Gasteiger partial charge is 0.305 e. The molecule has 0 saturated heterocycles.